The monoisotopic (exact) mass is 341 g/mol. The third-order valence-corrected chi connectivity index (χ3v) is 3.93. The molecule has 128 valence electrons. The van der Waals surface area contributed by atoms with E-state index in [1.54, 1.807) is 0 Å². The maximum atomic E-state index is 12.2. The van der Waals surface area contributed by atoms with E-state index in [4.69, 9.17) is 9.47 Å². The highest BCUT2D eigenvalue weighted by Gasteiger charge is 2.18. The smallest absolute Gasteiger partial charge is 0.236 e. The zero-order valence-corrected chi connectivity index (χ0v) is 14.2. The standard InChI is InChI=1S/C16H23N3O3.ClH/c1-18(12-16(20)19-6-4-17-5-7-19)11-13-2-3-14-15(10-13)22-9-8-21-14;/h2-3,10,17H,4-9,11-12H2,1H3;1H. The Kier molecular flexibility index (Phi) is 6.50. The minimum atomic E-state index is 0. The van der Waals surface area contributed by atoms with Crippen LogP contribution in [0.5, 0.6) is 11.5 Å². The SMILES string of the molecule is CN(CC(=O)N1CCNCC1)Cc1ccc2c(c1)OCCO2.Cl. The van der Waals surface area contributed by atoms with Crippen molar-refractivity contribution in [2.45, 2.75) is 6.54 Å². The zero-order chi connectivity index (χ0) is 15.4. The lowest BCUT2D eigenvalue weighted by molar-refractivity contribution is -0.132. The second kappa shape index (κ2) is 8.38. The molecule has 0 bridgehead atoms. The number of carbonyl (C=O) groups is 1. The van der Waals surface area contributed by atoms with Gasteiger partial charge in [0.25, 0.3) is 0 Å². The van der Waals surface area contributed by atoms with E-state index in [1.807, 2.05) is 35.0 Å². The van der Waals surface area contributed by atoms with Crippen LogP contribution < -0.4 is 14.8 Å². The topological polar surface area (TPSA) is 54.0 Å². The first-order valence-electron chi connectivity index (χ1n) is 7.78. The summed E-state index contributed by atoms with van der Waals surface area (Å²) in [6.45, 7) is 5.73. The molecule has 0 aromatic heterocycles. The summed E-state index contributed by atoms with van der Waals surface area (Å²) in [5, 5.41) is 3.26. The van der Waals surface area contributed by atoms with Crippen LogP contribution in [0, 0.1) is 0 Å². The fourth-order valence-corrected chi connectivity index (χ4v) is 2.80. The summed E-state index contributed by atoms with van der Waals surface area (Å²) in [4.78, 5) is 16.2. The highest BCUT2D eigenvalue weighted by molar-refractivity contribution is 5.85. The molecule has 0 spiro atoms. The minimum absolute atomic E-state index is 0. The predicted molar refractivity (Wildman–Crippen MR) is 90.5 cm³/mol. The molecule has 0 atom stereocenters. The van der Waals surface area contributed by atoms with E-state index in [2.05, 4.69) is 5.32 Å². The van der Waals surface area contributed by atoms with Gasteiger partial charge in [-0.25, -0.2) is 0 Å². The predicted octanol–water partition coefficient (Wildman–Crippen LogP) is 0.743. The highest BCUT2D eigenvalue weighted by atomic mass is 35.5. The lowest BCUT2D eigenvalue weighted by Crippen LogP contribution is -2.49. The number of halogens is 1. The number of likely N-dealkylation sites (N-methyl/N-ethyl adjacent to an activating group) is 1. The number of rotatable bonds is 4. The highest BCUT2D eigenvalue weighted by Crippen LogP contribution is 2.30. The number of nitrogens with one attached hydrogen (secondary N) is 1. The van der Waals surface area contributed by atoms with E-state index in [9.17, 15) is 4.79 Å². The number of ether oxygens (including phenoxy) is 2. The summed E-state index contributed by atoms with van der Waals surface area (Å²) in [7, 11) is 1.97. The summed E-state index contributed by atoms with van der Waals surface area (Å²) in [6.07, 6.45) is 0. The van der Waals surface area contributed by atoms with Crippen LogP contribution in [0.15, 0.2) is 18.2 Å². The van der Waals surface area contributed by atoms with Crippen molar-refractivity contribution in [2.75, 3.05) is 53.0 Å². The van der Waals surface area contributed by atoms with Crippen LogP contribution in [0.2, 0.25) is 0 Å². The van der Waals surface area contributed by atoms with Crippen LogP contribution in [-0.2, 0) is 11.3 Å². The quantitative estimate of drug-likeness (QED) is 0.875. The number of hydrogen-bond acceptors (Lipinski definition) is 5. The lowest BCUT2D eigenvalue weighted by atomic mass is 10.2. The van der Waals surface area contributed by atoms with E-state index in [0.29, 0.717) is 26.3 Å². The first-order chi connectivity index (χ1) is 10.7. The maximum Gasteiger partial charge on any atom is 0.236 e. The van der Waals surface area contributed by atoms with Gasteiger partial charge in [-0.05, 0) is 24.7 Å². The fraction of sp³-hybridized carbons (Fsp3) is 0.562. The molecule has 23 heavy (non-hydrogen) atoms. The van der Waals surface area contributed by atoms with Gasteiger partial charge in [-0.2, -0.15) is 0 Å². The van der Waals surface area contributed by atoms with Crippen molar-refractivity contribution in [2.24, 2.45) is 0 Å². The molecule has 2 heterocycles. The molecule has 7 heteroatoms. The average molecular weight is 342 g/mol. The molecule has 3 rings (SSSR count). The van der Waals surface area contributed by atoms with Crippen LogP contribution >= 0.6 is 12.4 Å². The van der Waals surface area contributed by atoms with Gasteiger partial charge in [-0.1, -0.05) is 6.07 Å². The van der Waals surface area contributed by atoms with Gasteiger partial charge in [0.2, 0.25) is 5.91 Å². The molecule has 6 nitrogen and oxygen atoms in total. The van der Waals surface area contributed by atoms with E-state index in [0.717, 1.165) is 43.2 Å². The molecule has 1 fully saturated rings. The molecule has 0 unspecified atom stereocenters. The van der Waals surface area contributed by atoms with Gasteiger partial charge in [0.15, 0.2) is 11.5 Å². The van der Waals surface area contributed by atoms with Gasteiger partial charge >= 0.3 is 0 Å². The third-order valence-electron chi connectivity index (χ3n) is 3.93. The van der Waals surface area contributed by atoms with Crippen molar-refractivity contribution in [3.8, 4) is 11.5 Å². The maximum absolute atomic E-state index is 12.2. The van der Waals surface area contributed by atoms with Gasteiger partial charge in [0.05, 0.1) is 6.54 Å². The second-order valence-electron chi connectivity index (χ2n) is 5.78. The van der Waals surface area contributed by atoms with Crippen molar-refractivity contribution in [1.29, 1.82) is 0 Å². The van der Waals surface area contributed by atoms with Gasteiger partial charge in [0, 0.05) is 32.7 Å². The Labute approximate surface area is 143 Å². The summed E-state index contributed by atoms with van der Waals surface area (Å²) in [5.41, 5.74) is 1.12. The molecule has 2 aliphatic rings. The van der Waals surface area contributed by atoms with Crippen molar-refractivity contribution >= 4 is 18.3 Å². The van der Waals surface area contributed by atoms with E-state index >= 15 is 0 Å². The lowest BCUT2D eigenvalue weighted by Gasteiger charge is -2.29. The summed E-state index contributed by atoms with van der Waals surface area (Å²) < 4.78 is 11.1. The van der Waals surface area contributed by atoms with Crippen molar-refractivity contribution < 1.29 is 14.3 Å². The number of amides is 1. The van der Waals surface area contributed by atoms with E-state index in [1.165, 1.54) is 0 Å². The number of carbonyl (C=O) groups excluding carboxylic acids is 1. The summed E-state index contributed by atoms with van der Waals surface area (Å²) in [5.74, 6) is 1.79. The Morgan fingerprint density at radius 3 is 2.65 bits per heavy atom. The Morgan fingerprint density at radius 1 is 1.22 bits per heavy atom. The van der Waals surface area contributed by atoms with Crippen LogP contribution in [0.3, 0.4) is 0 Å². The van der Waals surface area contributed by atoms with Crippen LogP contribution in [0.25, 0.3) is 0 Å². The van der Waals surface area contributed by atoms with Crippen molar-refractivity contribution in [1.82, 2.24) is 15.1 Å². The molecule has 1 aromatic rings. The molecule has 2 aliphatic heterocycles. The van der Waals surface area contributed by atoms with Gasteiger partial charge in [-0.3, -0.25) is 9.69 Å². The molecule has 0 aliphatic carbocycles. The molecule has 1 amide bonds. The minimum Gasteiger partial charge on any atom is -0.486 e. The van der Waals surface area contributed by atoms with Crippen LogP contribution in [0.4, 0.5) is 0 Å². The largest absolute Gasteiger partial charge is 0.486 e. The molecule has 0 saturated carbocycles. The number of fused-ring (bicyclic) bond motifs is 1. The Bertz CT molecular complexity index is 535. The van der Waals surface area contributed by atoms with E-state index < -0.39 is 0 Å². The molecule has 1 aromatic carbocycles. The van der Waals surface area contributed by atoms with E-state index in [-0.39, 0.29) is 18.3 Å². The van der Waals surface area contributed by atoms with Gasteiger partial charge in [-0.15, -0.1) is 12.4 Å². The summed E-state index contributed by atoms with van der Waals surface area (Å²) in [6, 6.07) is 5.97. The third kappa shape index (κ3) is 4.73. The number of benzene rings is 1. The Hall–Kier alpha value is -1.50. The molecule has 1 N–H and O–H groups in total. The van der Waals surface area contributed by atoms with Crippen molar-refractivity contribution in [3.63, 3.8) is 0 Å². The molecule has 1 saturated heterocycles. The number of piperazine rings is 1. The zero-order valence-electron chi connectivity index (χ0n) is 13.4. The van der Waals surface area contributed by atoms with Crippen LogP contribution in [0.1, 0.15) is 5.56 Å². The first-order valence-corrected chi connectivity index (χ1v) is 7.78. The van der Waals surface area contributed by atoms with Gasteiger partial charge in [0.1, 0.15) is 13.2 Å². The first kappa shape index (κ1) is 17.8. The Balaban J connectivity index is 0.00000192. The number of hydrogen-bond donors (Lipinski definition) is 1. The second-order valence-corrected chi connectivity index (χ2v) is 5.78. The number of nitrogens with zero attached hydrogens (tertiary/aromatic N) is 2. The Morgan fingerprint density at radius 2 is 1.91 bits per heavy atom. The molecular formula is C16H24ClN3O3. The van der Waals surface area contributed by atoms with Crippen molar-refractivity contribution in [3.05, 3.63) is 23.8 Å². The van der Waals surface area contributed by atoms with Gasteiger partial charge < -0.3 is 19.7 Å². The summed E-state index contributed by atoms with van der Waals surface area (Å²) >= 11 is 0. The molecular weight excluding hydrogens is 318 g/mol. The average Bonchev–Trinajstić information content (AvgIpc) is 2.55. The normalized spacial score (nSPS) is 16.9. The van der Waals surface area contributed by atoms with Crippen LogP contribution in [-0.4, -0.2) is 68.7 Å². The fourth-order valence-electron chi connectivity index (χ4n) is 2.80. The molecule has 0 radical (unpaired) electrons.